The third-order valence-electron chi connectivity index (χ3n) is 4.79. The predicted octanol–water partition coefficient (Wildman–Crippen LogP) is 2.65. The van der Waals surface area contributed by atoms with Gasteiger partial charge >= 0.3 is 0 Å². The summed E-state index contributed by atoms with van der Waals surface area (Å²) in [6.45, 7) is 0. The molecule has 0 radical (unpaired) electrons. The number of carbonyl (C=O) groups excluding carboxylic acids is 1. The number of carbonyl (C=O) groups is 1. The number of rotatable bonds is 2. The molecule has 0 heterocycles. The van der Waals surface area contributed by atoms with Gasteiger partial charge in [-0.2, -0.15) is 0 Å². The van der Waals surface area contributed by atoms with Crippen LogP contribution in [0.4, 0.5) is 0 Å². The largest absolute Gasteiger partial charge is 0.303 e. The van der Waals surface area contributed by atoms with E-state index in [2.05, 4.69) is 0 Å². The second-order valence-electron chi connectivity index (χ2n) is 5.50. The van der Waals surface area contributed by atoms with Gasteiger partial charge in [-0.05, 0) is 61.7 Å². The lowest BCUT2D eigenvalue weighted by Gasteiger charge is -2.54. The summed E-state index contributed by atoms with van der Waals surface area (Å²) in [5.74, 6) is 4.74. The Kier molecular flexibility index (Phi) is 1.75. The van der Waals surface area contributed by atoms with Gasteiger partial charge in [-0.1, -0.05) is 0 Å². The van der Waals surface area contributed by atoms with Crippen molar-refractivity contribution in [2.75, 3.05) is 0 Å². The van der Waals surface area contributed by atoms with Crippen LogP contribution < -0.4 is 0 Å². The minimum atomic E-state index is 0.783. The van der Waals surface area contributed by atoms with Gasteiger partial charge in [0.1, 0.15) is 6.29 Å². The first-order valence-electron chi connectivity index (χ1n) is 5.80. The molecule has 0 atom stereocenters. The van der Waals surface area contributed by atoms with E-state index in [0.717, 1.165) is 42.3 Å². The third kappa shape index (κ3) is 1.16. The first-order valence-corrected chi connectivity index (χ1v) is 5.80. The van der Waals surface area contributed by atoms with Gasteiger partial charge in [-0.3, -0.25) is 0 Å². The van der Waals surface area contributed by atoms with Crippen molar-refractivity contribution in [2.45, 2.75) is 38.5 Å². The zero-order chi connectivity index (χ0) is 8.84. The van der Waals surface area contributed by atoms with E-state index in [9.17, 15) is 4.79 Å². The van der Waals surface area contributed by atoms with E-state index >= 15 is 0 Å². The van der Waals surface area contributed by atoms with Gasteiger partial charge in [0.2, 0.25) is 0 Å². The molecule has 0 aromatic carbocycles. The topological polar surface area (TPSA) is 17.1 Å². The van der Waals surface area contributed by atoms with E-state index in [1.165, 1.54) is 32.1 Å². The van der Waals surface area contributed by atoms with Crippen molar-refractivity contribution in [3.8, 4) is 0 Å². The fraction of sp³-hybridized carbons (Fsp3) is 0.917. The van der Waals surface area contributed by atoms with E-state index in [1.807, 2.05) is 0 Å². The van der Waals surface area contributed by atoms with Crippen molar-refractivity contribution in [3.05, 3.63) is 0 Å². The summed E-state index contributed by atoms with van der Waals surface area (Å²) >= 11 is 0. The molecule has 0 spiro atoms. The van der Waals surface area contributed by atoms with Crippen LogP contribution >= 0.6 is 0 Å². The Labute approximate surface area is 79.9 Å². The lowest BCUT2D eigenvalue weighted by molar-refractivity contribution is -0.112. The zero-order valence-corrected chi connectivity index (χ0v) is 8.11. The second-order valence-corrected chi connectivity index (χ2v) is 5.50. The van der Waals surface area contributed by atoms with E-state index in [4.69, 9.17) is 0 Å². The Balaban J connectivity index is 1.81. The fourth-order valence-corrected chi connectivity index (χ4v) is 4.53. The molecule has 0 aromatic heterocycles. The Hall–Kier alpha value is -0.330. The van der Waals surface area contributed by atoms with Gasteiger partial charge in [0.15, 0.2) is 0 Å². The van der Waals surface area contributed by atoms with Crippen molar-refractivity contribution < 1.29 is 4.79 Å². The van der Waals surface area contributed by atoms with Gasteiger partial charge in [0.05, 0.1) is 0 Å². The normalized spacial score (nSPS) is 52.5. The minimum absolute atomic E-state index is 0.783. The molecule has 4 aliphatic carbocycles. The van der Waals surface area contributed by atoms with E-state index < -0.39 is 0 Å². The highest BCUT2D eigenvalue weighted by Crippen LogP contribution is 2.57. The van der Waals surface area contributed by atoms with E-state index in [0.29, 0.717) is 0 Å². The summed E-state index contributed by atoms with van der Waals surface area (Å²) in [5.41, 5.74) is 0. The summed E-state index contributed by atoms with van der Waals surface area (Å²) in [7, 11) is 0. The van der Waals surface area contributed by atoms with Crippen molar-refractivity contribution in [1.82, 2.24) is 0 Å². The minimum Gasteiger partial charge on any atom is -0.303 e. The standard InChI is InChI=1S/C12H18O/c13-2-1-12-10-4-8-3-9(6-10)7-11(12)5-8/h2,8-12H,1,3-7H2/t8-,9+,10-,11+,12?. The number of hydrogen-bond acceptors (Lipinski definition) is 1. The quantitative estimate of drug-likeness (QED) is 0.594. The van der Waals surface area contributed by atoms with E-state index in [1.54, 1.807) is 0 Å². The predicted molar refractivity (Wildman–Crippen MR) is 51.2 cm³/mol. The average Bonchev–Trinajstić information content (AvgIpc) is 2.10. The van der Waals surface area contributed by atoms with Crippen molar-refractivity contribution in [2.24, 2.45) is 29.6 Å². The summed E-state index contributed by atoms with van der Waals surface area (Å²) < 4.78 is 0. The summed E-state index contributed by atoms with van der Waals surface area (Å²) in [4.78, 5) is 10.6. The van der Waals surface area contributed by atoms with Crippen molar-refractivity contribution >= 4 is 6.29 Å². The Morgan fingerprint density at radius 1 is 0.923 bits per heavy atom. The van der Waals surface area contributed by atoms with Gasteiger partial charge in [0.25, 0.3) is 0 Å². The lowest BCUT2D eigenvalue weighted by Crippen LogP contribution is -2.45. The molecule has 0 N–H and O–H groups in total. The van der Waals surface area contributed by atoms with Crippen LogP contribution in [-0.2, 0) is 4.79 Å². The smallest absolute Gasteiger partial charge is 0.120 e. The molecule has 4 bridgehead atoms. The Morgan fingerprint density at radius 2 is 1.46 bits per heavy atom. The molecule has 0 aliphatic heterocycles. The first kappa shape index (κ1) is 8.02. The second kappa shape index (κ2) is 2.83. The molecule has 13 heavy (non-hydrogen) atoms. The molecular formula is C12H18O. The van der Waals surface area contributed by atoms with Crippen LogP contribution in [-0.4, -0.2) is 6.29 Å². The van der Waals surface area contributed by atoms with Crippen LogP contribution in [0, 0.1) is 29.6 Å². The van der Waals surface area contributed by atoms with Gasteiger partial charge < -0.3 is 4.79 Å². The van der Waals surface area contributed by atoms with Crippen molar-refractivity contribution in [1.29, 1.82) is 0 Å². The monoisotopic (exact) mass is 178 g/mol. The summed E-state index contributed by atoms with van der Waals surface area (Å²) in [5, 5.41) is 0. The molecule has 4 saturated carbocycles. The molecule has 4 aliphatic rings. The molecular weight excluding hydrogens is 160 g/mol. The van der Waals surface area contributed by atoms with Crippen LogP contribution in [0.5, 0.6) is 0 Å². The molecule has 4 fully saturated rings. The van der Waals surface area contributed by atoms with Crippen molar-refractivity contribution in [3.63, 3.8) is 0 Å². The Bertz CT molecular complexity index is 193. The van der Waals surface area contributed by atoms with Gasteiger partial charge in [0, 0.05) is 6.42 Å². The molecule has 72 valence electrons. The molecule has 1 heteroatoms. The molecule has 0 unspecified atom stereocenters. The molecule has 0 saturated heterocycles. The maximum atomic E-state index is 10.6. The van der Waals surface area contributed by atoms with Crippen LogP contribution in [0.25, 0.3) is 0 Å². The highest BCUT2D eigenvalue weighted by atomic mass is 16.1. The number of hydrogen-bond donors (Lipinski definition) is 0. The maximum Gasteiger partial charge on any atom is 0.120 e. The van der Waals surface area contributed by atoms with Crippen LogP contribution in [0.2, 0.25) is 0 Å². The fourth-order valence-electron chi connectivity index (χ4n) is 4.53. The zero-order valence-electron chi connectivity index (χ0n) is 8.11. The molecule has 4 rings (SSSR count). The first-order chi connectivity index (χ1) is 6.36. The van der Waals surface area contributed by atoms with Gasteiger partial charge in [-0.15, -0.1) is 0 Å². The van der Waals surface area contributed by atoms with Crippen LogP contribution in [0.15, 0.2) is 0 Å². The molecule has 0 aromatic rings. The molecule has 1 nitrogen and oxygen atoms in total. The highest BCUT2D eigenvalue weighted by molar-refractivity contribution is 5.50. The van der Waals surface area contributed by atoms with Crippen LogP contribution in [0.3, 0.4) is 0 Å². The average molecular weight is 178 g/mol. The lowest BCUT2D eigenvalue weighted by atomic mass is 9.51. The Morgan fingerprint density at radius 3 is 1.92 bits per heavy atom. The summed E-state index contributed by atoms with van der Waals surface area (Å²) in [6.07, 6.45) is 9.33. The summed E-state index contributed by atoms with van der Waals surface area (Å²) in [6, 6.07) is 0. The van der Waals surface area contributed by atoms with E-state index in [-0.39, 0.29) is 0 Å². The molecule has 0 amide bonds. The number of aldehydes is 1. The third-order valence-corrected chi connectivity index (χ3v) is 4.79. The maximum absolute atomic E-state index is 10.6. The highest BCUT2D eigenvalue weighted by Gasteiger charge is 2.47. The van der Waals surface area contributed by atoms with Gasteiger partial charge in [-0.25, -0.2) is 0 Å². The SMILES string of the molecule is O=CCC1[C@H]2C[C@@H]3C[C@@H](C[C@H]1C3)C2. The van der Waals surface area contributed by atoms with Crippen LogP contribution in [0.1, 0.15) is 38.5 Å².